The molecular formula is C12H15Cl. The Bertz CT molecular complexity index is 300. The molecule has 1 aromatic carbocycles. The fraction of sp³-hybridized carbons (Fsp3) is 0.333. The number of hydrogen-bond acceptors (Lipinski definition) is 0. The van der Waals surface area contributed by atoms with Gasteiger partial charge in [-0.3, -0.25) is 0 Å². The minimum absolute atomic E-state index is 0.698. The molecule has 0 saturated heterocycles. The van der Waals surface area contributed by atoms with Crippen LogP contribution >= 0.6 is 11.6 Å². The van der Waals surface area contributed by atoms with Crippen LogP contribution in [0.1, 0.15) is 24.5 Å². The number of benzene rings is 1. The third kappa shape index (κ3) is 3.23. The lowest BCUT2D eigenvalue weighted by atomic mass is 10.0. The van der Waals surface area contributed by atoms with Crippen LogP contribution < -0.4 is 0 Å². The monoisotopic (exact) mass is 194 g/mol. The molecule has 0 nitrogen and oxygen atoms in total. The van der Waals surface area contributed by atoms with Crippen molar-refractivity contribution in [3.05, 3.63) is 41.5 Å². The molecule has 0 fully saturated rings. The highest BCUT2D eigenvalue weighted by atomic mass is 35.5. The summed E-state index contributed by atoms with van der Waals surface area (Å²) >= 11 is 5.62. The number of allylic oxidation sites excluding steroid dienone is 2. The van der Waals surface area contributed by atoms with E-state index in [4.69, 9.17) is 11.6 Å². The molecule has 1 aromatic rings. The largest absolute Gasteiger partial charge is 0.126 e. The molecule has 0 spiro atoms. The molecule has 13 heavy (non-hydrogen) atoms. The number of alkyl halides is 1. The van der Waals surface area contributed by atoms with E-state index in [0.29, 0.717) is 5.88 Å². The van der Waals surface area contributed by atoms with Gasteiger partial charge < -0.3 is 0 Å². The molecule has 0 saturated carbocycles. The molecule has 0 bridgehead atoms. The van der Waals surface area contributed by atoms with Crippen molar-refractivity contribution >= 4 is 17.2 Å². The summed E-state index contributed by atoms with van der Waals surface area (Å²) in [5.41, 5.74) is 3.91. The predicted octanol–water partition coefficient (Wildman–Crippen LogP) is 4.03. The average molecular weight is 195 g/mol. The van der Waals surface area contributed by atoms with E-state index in [-0.39, 0.29) is 0 Å². The fourth-order valence-electron chi connectivity index (χ4n) is 1.28. The van der Waals surface area contributed by atoms with Crippen molar-refractivity contribution in [1.82, 2.24) is 0 Å². The Kier molecular flexibility index (Phi) is 4.04. The molecule has 0 atom stereocenters. The van der Waals surface area contributed by atoms with Gasteiger partial charge in [0.05, 0.1) is 0 Å². The summed E-state index contributed by atoms with van der Waals surface area (Å²) in [5, 5.41) is 0. The second-order valence-electron chi connectivity index (χ2n) is 3.23. The van der Waals surface area contributed by atoms with Gasteiger partial charge in [-0.25, -0.2) is 0 Å². The van der Waals surface area contributed by atoms with Gasteiger partial charge in [0.25, 0.3) is 0 Å². The zero-order valence-corrected chi connectivity index (χ0v) is 8.93. The Morgan fingerprint density at radius 3 is 2.85 bits per heavy atom. The van der Waals surface area contributed by atoms with E-state index in [9.17, 15) is 0 Å². The topological polar surface area (TPSA) is 0 Å². The van der Waals surface area contributed by atoms with Gasteiger partial charge in [-0.2, -0.15) is 0 Å². The maximum absolute atomic E-state index is 5.62. The van der Waals surface area contributed by atoms with E-state index in [0.717, 1.165) is 6.42 Å². The first-order valence-electron chi connectivity index (χ1n) is 4.54. The third-order valence-corrected chi connectivity index (χ3v) is 2.25. The minimum atomic E-state index is 0.698. The van der Waals surface area contributed by atoms with Crippen molar-refractivity contribution in [2.75, 3.05) is 5.88 Å². The van der Waals surface area contributed by atoms with E-state index in [2.05, 4.69) is 44.2 Å². The molecule has 0 amide bonds. The van der Waals surface area contributed by atoms with E-state index in [1.165, 1.54) is 16.7 Å². The first kappa shape index (κ1) is 10.3. The maximum atomic E-state index is 5.62. The van der Waals surface area contributed by atoms with E-state index >= 15 is 0 Å². The van der Waals surface area contributed by atoms with Crippen LogP contribution in [0.4, 0.5) is 0 Å². The van der Waals surface area contributed by atoms with Gasteiger partial charge in [0, 0.05) is 5.88 Å². The Labute approximate surface area is 85.2 Å². The van der Waals surface area contributed by atoms with Gasteiger partial charge in [-0.05, 0) is 31.4 Å². The molecule has 1 rings (SSSR count). The van der Waals surface area contributed by atoms with E-state index in [1.807, 2.05) is 0 Å². The van der Waals surface area contributed by atoms with Crippen LogP contribution in [0.2, 0.25) is 0 Å². The van der Waals surface area contributed by atoms with Crippen molar-refractivity contribution in [1.29, 1.82) is 0 Å². The summed E-state index contributed by atoms with van der Waals surface area (Å²) < 4.78 is 0. The SMILES string of the molecule is C/C(=C\CCCl)c1cccc(C)c1. The summed E-state index contributed by atoms with van der Waals surface area (Å²) in [6.45, 7) is 4.24. The number of rotatable bonds is 3. The van der Waals surface area contributed by atoms with Crippen molar-refractivity contribution in [3.8, 4) is 0 Å². The smallest absolute Gasteiger partial charge is 0.0258 e. The maximum Gasteiger partial charge on any atom is 0.0258 e. The van der Waals surface area contributed by atoms with Crippen LogP contribution in [-0.4, -0.2) is 5.88 Å². The van der Waals surface area contributed by atoms with Gasteiger partial charge in [0.15, 0.2) is 0 Å². The normalized spacial score (nSPS) is 11.8. The number of hydrogen-bond donors (Lipinski definition) is 0. The van der Waals surface area contributed by atoms with Crippen molar-refractivity contribution in [2.45, 2.75) is 20.3 Å². The molecule has 0 aliphatic rings. The predicted molar refractivity (Wildman–Crippen MR) is 60.2 cm³/mol. The highest BCUT2D eigenvalue weighted by Gasteiger charge is 1.94. The first-order valence-corrected chi connectivity index (χ1v) is 5.07. The minimum Gasteiger partial charge on any atom is -0.126 e. The summed E-state index contributed by atoms with van der Waals surface area (Å²) in [7, 11) is 0. The van der Waals surface area contributed by atoms with Gasteiger partial charge >= 0.3 is 0 Å². The molecule has 1 heteroatoms. The summed E-state index contributed by atoms with van der Waals surface area (Å²) in [6.07, 6.45) is 3.13. The second kappa shape index (κ2) is 5.08. The van der Waals surface area contributed by atoms with Gasteiger partial charge in [0.1, 0.15) is 0 Å². The Balaban J connectivity index is 2.82. The van der Waals surface area contributed by atoms with Crippen molar-refractivity contribution in [3.63, 3.8) is 0 Å². The third-order valence-electron chi connectivity index (χ3n) is 2.03. The van der Waals surface area contributed by atoms with E-state index in [1.54, 1.807) is 0 Å². The zero-order chi connectivity index (χ0) is 9.68. The second-order valence-corrected chi connectivity index (χ2v) is 3.61. The first-order chi connectivity index (χ1) is 6.24. The van der Waals surface area contributed by atoms with E-state index < -0.39 is 0 Å². The molecule has 0 aromatic heterocycles. The van der Waals surface area contributed by atoms with Gasteiger partial charge in [0.2, 0.25) is 0 Å². The molecule has 70 valence electrons. The van der Waals surface area contributed by atoms with Crippen LogP contribution in [0, 0.1) is 6.92 Å². The summed E-state index contributed by atoms with van der Waals surface area (Å²) in [6, 6.07) is 8.52. The van der Waals surface area contributed by atoms with Gasteiger partial charge in [-0.15, -0.1) is 11.6 Å². The molecule has 0 unspecified atom stereocenters. The van der Waals surface area contributed by atoms with Crippen LogP contribution in [0.3, 0.4) is 0 Å². The lowest BCUT2D eigenvalue weighted by molar-refractivity contribution is 1.23. The molecule has 0 aliphatic heterocycles. The highest BCUT2D eigenvalue weighted by Crippen LogP contribution is 2.15. The van der Waals surface area contributed by atoms with Crippen LogP contribution in [0.25, 0.3) is 5.57 Å². The zero-order valence-electron chi connectivity index (χ0n) is 8.18. The lowest BCUT2D eigenvalue weighted by Gasteiger charge is -2.02. The Morgan fingerprint density at radius 2 is 2.23 bits per heavy atom. The molecule has 0 radical (unpaired) electrons. The number of halogens is 1. The molecular weight excluding hydrogens is 180 g/mol. The summed E-state index contributed by atoms with van der Waals surface area (Å²) in [5.74, 6) is 0.698. The van der Waals surface area contributed by atoms with Crippen LogP contribution in [0.5, 0.6) is 0 Å². The van der Waals surface area contributed by atoms with Crippen LogP contribution in [-0.2, 0) is 0 Å². The molecule has 0 heterocycles. The Morgan fingerprint density at radius 1 is 1.46 bits per heavy atom. The van der Waals surface area contributed by atoms with Crippen molar-refractivity contribution in [2.24, 2.45) is 0 Å². The van der Waals surface area contributed by atoms with Crippen LogP contribution in [0.15, 0.2) is 30.3 Å². The average Bonchev–Trinajstić information content (AvgIpc) is 2.14. The fourth-order valence-corrected chi connectivity index (χ4v) is 1.39. The Hall–Kier alpha value is -0.750. The number of aryl methyl sites for hydroxylation is 1. The standard InChI is InChI=1S/C12H15Cl/c1-10-5-3-7-12(9-10)11(2)6-4-8-13/h3,5-7,9H,4,8H2,1-2H3/b11-6+. The lowest BCUT2D eigenvalue weighted by Crippen LogP contribution is -1.81. The summed E-state index contributed by atoms with van der Waals surface area (Å²) in [4.78, 5) is 0. The quantitative estimate of drug-likeness (QED) is 0.638. The molecule has 0 aliphatic carbocycles. The van der Waals surface area contributed by atoms with Crippen molar-refractivity contribution < 1.29 is 0 Å². The van der Waals surface area contributed by atoms with Gasteiger partial charge in [-0.1, -0.05) is 35.9 Å². The highest BCUT2D eigenvalue weighted by molar-refractivity contribution is 6.17. The molecule has 0 N–H and O–H groups in total.